The zero-order valence-corrected chi connectivity index (χ0v) is 16.7. The van der Waals surface area contributed by atoms with Gasteiger partial charge in [0.25, 0.3) is 0 Å². The summed E-state index contributed by atoms with van der Waals surface area (Å²) in [7, 11) is 0. The Morgan fingerprint density at radius 2 is 1.69 bits per heavy atom. The molecule has 1 N–H and O–H groups in total. The summed E-state index contributed by atoms with van der Waals surface area (Å²) in [5.41, 5.74) is -0.880. The van der Waals surface area contributed by atoms with Crippen LogP contribution >= 0.6 is 0 Å². The number of aromatic nitrogens is 2. The maximum atomic E-state index is 13.7. The highest BCUT2D eigenvalue weighted by molar-refractivity contribution is 5.57. The predicted molar refractivity (Wildman–Crippen MR) is 104 cm³/mol. The lowest BCUT2D eigenvalue weighted by Crippen LogP contribution is -2.13. The molecule has 1 fully saturated rings. The van der Waals surface area contributed by atoms with Gasteiger partial charge in [0.2, 0.25) is 11.7 Å². The van der Waals surface area contributed by atoms with Crippen LogP contribution < -0.4 is 5.32 Å². The molecule has 0 amide bonds. The molecule has 2 aromatic carbocycles. The second-order valence-electron chi connectivity index (χ2n) is 7.67. The van der Waals surface area contributed by atoms with Crippen molar-refractivity contribution in [3.05, 3.63) is 70.6 Å². The van der Waals surface area contributed by atoms with Crippen molar-refractivity contribution in [3.8, 4) is 11.4 Å². The van der Waals surface area contributed by atoms with Crippen LogP contribution in [0.2, 0.25) is 0 Å². The van der Waals surface area contributed by atoms with Crippen molar-refractivity contribution in [2.75, 3.05) is 6.54 Å². The van der Waals surface area contributed by atoms with E-state index in [1.165, 1.54) is 24.3 Å². The average Bonchev–Trinajstić information content (AvgIpc) is 3.43. The van der Waals surface area contributed by atoms with E-state index in [9.17, 15) is 26.3 Å². The lowest BCUT2D eigenvalue weighted by Gasteiger charge is -2.14. The summed E-state index contributed by atoms with van der Waals surface area (Å²) in [6, 6.07) is 8.15. The molecule has 1 aromatic heterocycles. The molecule has 1 saturated heterocycles. The summed E-state index contributed by atoms with van der Waals surface area (Å²) in [4.78, 5) is 4.24. The van der Waals surface area contributed by atoms with Gasteiger partial charge in [0.05, 0.1) is 17.2 Å². The Kier molecular flexibility index (Phi) is 5.98. The third-order valence-electron chi connectivity index (χ3n) is 5.44. The molecule has 1 aliphatic heterocycles. The molecule has 0 spiro atoms. The molecule has 0 bridgehead atoms. The highest BCUT2D eigenvalue weighted by atomic mass is 19.4. The number of hydrogen-bond donors (Lipinski definition) is 1. The number of hydrogen-bond acceptors (Lipinski definition) is 4. The zero-order valence-electron chi connectivity index (χ0n) is 16.7. The average molecular weight is 455 g/mol. The Morgan fingerprint density at radius 1 is 0.938 bits per heavy atom. The van der Waals surface area contributed by atoms with Crippen LogP contribution in [0.5, 0.6) is 0 Å². The van der Waals surface area contributed by atoms with Gasteiger partial charge in [-0.1, -0.05) is 29.4 Å². The fourth-order valence-electron chi connectivity index (χ4n) is 3.73. The van der Waals surface area contributed by atoms with Gasteiger partial charge in [-0.2, -0.15) is 31.3 Å². The van der Waals surface area contributed by atoms with Crippen molar-refractivity contribution in [2.24, 2.45) is 0 Å². The number of halogens is 6. The largest absolute Gasteiger partial charge is 0.416 e. The van der Waals surface area contributed by atoms with E-state index in [1.807, 2.05) is 0 Å². The number of benzene rings is 2. The molecule has 10 heteroatoms. The van der Waals surface area contributed by atoms with Gasteiger partial charge in [0.1, 0.15) is 0 Å². The first-order valence-corrected chi connectivity index (χ1v) is 10.0. The molecule has 2 heterocycles. The second kappa shape index (κ2) is 8.57. The first-order valence-electron chi connectivity index (χ1n) is 10.0. The van der Waals surface area contributed by atoms with Crippen LogP contribution in [-0.4, -0.2) is 16.7 Å². The lowest BCUT2D eigenvalue weighted by atomic mass is 9.97. The van der Waals surface area contributed by atoms with Gasteiger partial charge in [0.15, 0.2) is 0 Å². The van der Waals surface area contributed by atoms with E-state index < -0.39 is 23.5 Å². The van der Waals surface area contributed by atoms with Crippen molar-refractivity contribution in [1.82, 2.24) is 15.5 Å². The summed E-state index contributed by atoms with van der Waals surface area (Å²) in [5, 5.41) is 7.01. The first kappa shape index (κ1) is 22.3. The summed E-state index contributed by atoms with van der Waals surface area (Å²) in [6.45, 7) is 0.814. The first-order chi connectivity index (χ1) is 15.1. The van der Waals surface area contributed by atoms with Crippen LogP contribution in [0.25, 0.3) is 11.4 Å². The van der Waals surface area contributed by atoms with Crippen LogP contribution in [-0.2, 0) is 25.2 Å². The molecule has 1 aliphatic rings. The molecule has 4 nitrogen and oxygen atoms in total. The summed E-state index contributed by atoms with van der Waals surface area (Å²) in [5.74, 6) is 0.422. The van der Waals surface area contributed by atoms with E-state index >= 15 is 0 Å². The maximum absolute atomic E-state index is 13.7. The van der Waals surface area contributed by atoms with Crippen molar-refractivity contribution >= 4 is 0 Å². The van der Waals surface area contributed by atoms with Crippen molar-refractivity contribution in [2.45, 2.75) is 44.1 Å². The minimum atomic E-state index is -4.61. The van der Waals surface area contributed by atoms with E-state index in [2.05, 4.69) is 15.5 Å². The van der Waals surface area contributed by atoms with Gasteiger partial charge in [-0.25, -0.2) is 0 Å². The quantitative estimate of drug-likeness (QED) is 0.481. The highest BCUT2D eigenvalue weighted by Crippen LogP contribution is 2.36. The minimum Gasteiger partial charge on any atom is -0.337 e. The molecule has 0 aliphatic carbocycles. The third-order valence-corrected chi connectivity index (χ3v) is 5.44. The number of alkyl halides is 6. The van der Waals surface area contributed by atoms with Gasteiger partial charge in [-0.15, -0.1) is 0 Å². The van der Waals surface area contributed by atoms with E-state index in [0.717, 1.165) is 37.6 Å². The van der Waals surface area contributed by atoms with Crippen LogP contribution in [0.4, 0.5) is 26.3 Å². The zero-order chi connectivity index (χ0) is 22.9. The lowest BCUT2D eigenvalue weighted by molar-refractivity contribution is -0.138. The molecule has 4 rings (SSSR count). The summed E-state index contributed by atoms with van der Waals surface area (Å²) < 4.78 is 84.4. The van der Waals surface area contributed by atoms with Gasteiger partial charge in [0, 0.05) is 5.56 Å². The van der Waals surface area contributed by atoms with Crippen molar-refractivity contribution < 1.29 is 30.9 Å². The molecule has 1 atom stereocenters. The van der Waals surface area contributed by atoms with Crippen LogP contribution in [0.15, 0.2) is 47.0 Å². The Bertz CT molecular complexity index is 1070. The van der Waals surface area contributed by atoms with Gasteiger partial charge in [-0.05, 0) is 61.6 Å². The Balaban J connectivity index is 1.54. The van der Waals surface area contributed by atoms with E-state index in [1.54, 1.807) is 0 Å². The molecule has 0 radical (unpaired) electrons. The molecule has 170 valence electrons. The predicted octanol–water partition coefficient (Wildman–Crippen LogP) is 5.98. The number of rotatable bonds is 5. The standard InChI is InChI=1S/C22H19F6N3O/c23-21(24,25)16-9-4-13(5-10-16)3-6-14-7-8-15(12-17(14)22(26,27)28)19-30-20(32-31-19)18-2-1-11-29-18/h4-5,7-10,12,18,29H,1-3,6,11H2/t18-/m0/s1. The molecule has 32 heavy (non-hydrogen) atoms. The second-order valence-corrected chi connectivity index (χ2v) is 7.67. The number of aryl methyl sites for hydroxylation is 2. The molecule has 0 saturated carbocycles. The summed E-state index contributed by atoms with van der Waals surface area (Å²) in [6.07, 6.45) is -7.11. The molecular formula is C22H19F6N3O. The van der Waals surface area contributed by atoms with Gasteiger partial charge in [-0.3, -0.25) is 0 Å². The molecule has 3 aromatic rings. The van der Waals surface area contributed by atoms with E-state index in [0.29, 0.717) is 11.5 Å². The van der Waals surface area contributed by atoms with Crippen LogP contribution in [0.3, 0.4) is 0 Å². The SMILES string of the molecule is FC(F)(F)c1ccc(CCc2ccc(-c3noc([C@@H]4CCCN4)n3)cc2C(F)(F)F)cc1. The third kappa shape index (κ3) is 4.95. The van der Waals surface area contributed by atoms with Gasteiger partial charge < -0.3 is 9.84 Å². The van der Waals surface area contributed by atoms with E-state index in [4.69, 9.17) is 4.52 Å². The van der Waals surface area contributed by atoms with Crippen molar-refractivity contribution in [1.29, 1.82) is 0 Å². The fraction of sp³-hybridized carbons (Fsp3) is 0.364. The van der Waals surface area contributed by atoms with Crippen LogP contribution in [0, 0.1) is 0 Å². The Morgan fingerprint density at radius 3 is 2.31 bits per heavy atom. The Hall–Kier alpha value is -2.88. The fourth-order valence-corrected chi connectivity index (χ4v) is 3.73. The van der Waals surface area contributed by atoms with E-state index in [-0.39, 0.29) is 35.8 Å². The smallest absolute Gasteiger partial charge is 0.337 e. The molecular weight excluding hydrogens is 436 g/mol. The van der Waals surface area contributed by atoms with Gasteiger partial charge >= 0.3 is 12.4 Å². The van der Waals surface area contributed by atoms with Crippen molar-refractivity contribution in [3.63, 3.8) is 0 Å². The summed E-state index contributed by atoms with van der Waals surface area (Å²) >= 11 is 0. The number of nitrogens with one attached hydrogen (secondary N) is 1. The normalized spacial score (nSPS) is 17.1. The Labute approximate surface area is 179 Å². The van der Waals surface area contributed by atoms with Crippen LogP contribution in [0.1, 0.15) is 47.0 Å². The maximum Gasteiger partial charge on any atom is 0.416 e. The number of nitrogens with zero attached hydrogens (tertiary/aromatic N) is 2. The topological polar surface area (TPSA) is 51.0 Å². The highest BCUT2D eigenvalue weighted by Gasteiger charge is 2.34. The molecule has 0 unspecified atom stereocenters. The monoisotopic (exact) mass is 455 g/mol. The minimum absolute atomic E-state index is 0.0178.